The van der Waals surface area contributed by atoms with E-state index in [1.807, 2.05) is 18.2 Å². The average Bonchev–Trinajstić information content (AvgIpc) is 3.26. The smallest absolute Gasteiger partial charge is 0.139 e. The van der Waals surface area contributed by atoms with Gasteiger partial charge in [0.25, 0.3) is 0 Å². The third-order valence-corrected chi connectivity index (χ3v) is 4.17. The highest BCUT2D eigenvalue weighted by atomic mass is 79.9. The van der Waals surface area contributed by atoms with Gasteiger partial charge in [-0.3, -0.25) is 0 Å². The predicted octanol–water partition coefficient (Wildman–Crippen LogP) is 4.34. The van der Waals surface area contributed by atoms with Crippen LogP contribution in [0, 0.1) is 5.82 Å². The van der Waals surface area contributed by atoms with Gasteiger partial charge < -0.3 is 10.6 Å². The molecule has 1 aliphatic rings. The molecule has 3 rings (SSSR count). The summed E-state index contributed by atoms with van der Waals surface area (Å²) in [5.41, 5.74) is 8.64. The van der Waals surface area contributed by atoms with E-state index in [4.69, 9.17) is 5.73 Å². The minimum Gasteiger partial charge on any atom is -0.397 e. The number of nitrogens with zero attached hydrogens (tertiary/aromatic N) is 1. The number of benzene rings is 2. The number of halogens is 2. The number of nitrogen functional groups attached to an aromatic ring is 1. The number of rotatable bonds is 4. The largest absolute Gasteiger partial charge is 0.397 e. The van der Waals surface area contributed by atoms with Crippen LogP contribution in [0.3, 0.4) is 0 Å². The summed E-state index contributed by atoms with van der Waals surface area (Å²) in [4.78, 5) is 2.27. The van der Waals surface area contributed by atoms with E-state index in [-0.39, 0.29) is 5.82 Å². The summed E-state index contributed by atoms with van der Waals surface area (Å²) in [5, 5.41) is 0. The molecule has 4 heteroatoms. The van der Waals surface area contributed by atoms with E-state index in [2.05, 4.69) is 33.0 Å². The number of hydrogen-bond donors (Lipinski definition) is 1. The predicted molar refractivity (Wildman–Crippen MR) is 84.2 cm³/mol. The average molecular weight is 335 g/mol. The molecule has 0 amide bonds. The van der Waals surface area contributed by atoms with E-state index in [1.54, 1.807) is 6.07 Å². The molecule has 0 aromatic heterocycles. The Morgan fingerprint density at radius 2 is 1.90 bits per heavy atom. The topological polar surface area (TPSA) is 29.3 Å². The lowest BCUT2D eigenvalue weighted by Gasteiger charge is -2.26. The first kappa shape index (κ1) is 13.4. The van der Waals surface area contributed by atoms with Crippen LogP contribution < -0.4 is 10.6 Å². The lowest BCUT2D eigenvalue weighted by atomic mass is 10.1. The summed E-state index contributed by atoms with van der Waals surface area (Å²) in [7, 11) is 0. The molecule has 104 valence electrons. The molecule has 2 N–H and O–H groups in total. The van der Waals surface area contributed by atoms with Gasteiger partial charge in [0, 0.05) is 18.7 Å². The highest BCUT2D eigenvalue weighted by Crippen LogP contribution is 2.38. The maximum Gasteiger partial charge on any atom is 0.139 e. The summed E-state index contributed by atoms with van der Waals surface area (Å²) in [6, 6.07) is 14.0. The maximum absolute atomic E-state index is 13.5. The zero-order valence-electron chi connectivity index (χ0n) is 11.0. The fourth-order valence-electron chi connectivity index (χ4n) is 2.38. The molecule has 0 atom stereocenters. The van der Waals surface area contributed by atoms with Crippen molar-refractivity contribution in [3.05, 3.63) is 58.3 Å². The lowest BCUT2D eigenvalue weighted by molar-refractivity contribution is 0.621. The van der Waals surface area contributed by atoms with Gasteiger partial charge >= 0.3 is 0 Å². The maximum atomic E-state index is 13.5. The van der Waals surface area contributed by atoms with E-state index < -0.39 is 0 Å². The van der Waals surface area contributed by atoms with Crippen molar-refractivity contribution in [2.75, 3.05) is 10.6 Å². The molecular formula is C16H16BrFN2. The number of anilines is 2. The minimum absolute atomic E-state index is 0.318. The SMILES string of the molecule is Nc1cc(F)c(Br)cc1N(Cc1ccccc1)C1CC1. The second kappa shape index (κ2) is 5.44. The third-order valence-electron chi connectivity index (χ3n) is 3.56. The Bertz CT molecular complexity index is 611. The second-order valence-corrected chi connectivity index (χ2v) is 6.02. The molecular weight excluding hydrogens is 319 g/mol. The Balaban J connectivity index is 1.93. The van der Waals surface area contributed by atoms with Crippen LogP contribution in [-0.4, -0.2) is 6.04 Å². The highest BCUT2D eigenvalue weighted by Gasteiger charge is 2.30. The Labute approximate surface area is 126 Å². The number of hydrogen-bond acceptors (Lipinski definition) is 2. The van der Waals surface area contributed by atoms with Crippen LogP contribution in [0.25, 0.3) is 0 Å². The molecule has 20 heavy (non-hydrogen) atoms. The third kappa shape index (κ3) is 2.80. The van der Waals surface area contributed by atoms with Crippen molar-refractivity contribution in [2.45, 2.75) is 25.4 Å². The molecule has 0 radical (unpaired) electrons. The quantitative estimate of drug-likeness (QED) is 0.842. The van der Waals surface area contributed by atoms with E-state index >= 15 is 0 Å². The van der Waals surface area contributed by atoms with Gasteiger partial charge in [-0.25, -0.2) is 4.39 Å². The fraction of sp³-hybridized carbons (Fsp3) is 0.250. The summed E-state index contributed by atoms with van der Waals surface area (Å²) in [6.07, 6.45) is 2.34. The van der Waals surface area contributed by atoms with Crippen LogP contribution in [0.2, 0.25) is 0 Å². The van der Waals surface area contributed by atoms with Crippen molar-refractivity contribution in [1.29, 1.82) is 0 Å². The van der Waals surface area contributed by atoms with Gasteiger partial charge in [0.2, 0.25) is 0 Å². The monoisotopic (exact) mass is 334 g/mol. The van der Waals surface area contributed by atoms with E-state index in [0.717, 1.165) is 12.2 Å². The van der Waals surface area contributed by atoms with Crippen LogP contribution in [0.4, 0.5) is 15.8 Å². The Hall–Kier alpha value is -1.55. The van der Waals surface area contributed by atoms with Gasteiger partial charge in [0.05, 0.1) is 15.8 Å². The van der Waals surface area contributed by atoms with Gasteiger partial charge in [-0.05, 0) is 40.4 Å². The van der Waals surface area contributed by atoms with Gasteiger partial charge in [-0.2, -0.15) is 0 Å². The van der Waals surface area contributed by atoms with Crippen LogP contribution in [0.1, 0.15) is 18.4 Å². The van der Waals surface area contributed by atoms with E-state index in [9.17, 15) is 4.39 Å². The van der Waals surface area contributed by atoms with Crippen LogP contribution in [0.5, 0.6) is 0 Å². The summed E-state index contributed by atoms with van der Waals surface area (Å²) >= 11 is 3.25. The molecule has 1 saturated carbocycles. The number of nitrogens with two attached hydrogens (primary N) is 1. The molecule has 0 spiro atoms. The first-order valence-electron chi connectivity index (χ1n) is 6.70. The van der Waals surface area contributed by atoms with Crippen molar-refractivity contribution >= 4 is 27.3 Å². The Kier molecular flexibility index (Phi) is 3.66. The van der Waals surface area contributed by atoms with Crippen molar-refractivity contribution in [2.24, 2.45) is 0 Å². The van der Waals surface area contributed by atoms with E-state index in [0.29, 0.717) is 16.2 Å². The zero-order valence-corrected chi connectivity index (χ0v) is 12.6. The minimum atomic E-state index is -0.318. The summed E-state index contributed by atoms with van der Waals surface area (Å²) in [6.45, 7) is 0.799. The standard InChI is InChI=1S/C16H16BrFN2/c17-13-8-16(15(19)9-14(13)18)20(12-6-7-12)10-11-4-2-1-3-5-11/h1-5,8-9,12H,6-7,10,19H2. The van der Waals surface area contributed by atoms with Crippen LogP contribution in [-0.2, 0) is 6.54 Å². The summed E-state index contributed by atoms with van der Waals surface area (Å²) in [5.74, 6) is -0.318. The first-order chi connectivity index (χ1) is 9.65. The first-order valence-corrected chi connectivity index (χ1v) is 7.49. The van der Waals surface area contributed by atoms with Crippen LogP contribution in [0.15, 0.2) is 46.9 Å². The molecule has 1 fully saturated rings. The molecule has 2 aromatic rings. The second-order valence-electron chi connectivity index (χ2n) is 5.17. The Morgan fingerprint density at radius 3 is 2.55 bits per heavy atom. The zero-order chi connectivity index (χ0) is 14.1. The normalized spacial score (nSPS) is 14.3. The fourth-order valence-corrected chi connectivity index (χ4v) is 2.71. The van der Waals surface area contributed by atoms with Gasteiger partial charge in [-0.15, -0.1) is 0 Å². The lowest BCUT2D eigenvalue weighted by Crippen LogP contribution is -2.26. The van der Waals surface area contributed by atoms with Crippen molar-refractivity contribution < 1.29 is 4.39 Å². The molecule has 2 aromatic carbocycles. The van der Waals surface area contributed by atoms with Crippen molar-refractivity contribution in [1.82, 2.24) is 0 Å². The summed E-state index contributed by atoms with van der Waals surface area (Å²) < 4.78 is 14.0. The molecule has 0 saturated heterocycles. The molecule has 2 nitrogen and oxygen atoms in total. The van der Waals surface area contributed by atoms with E-state index in [1.165, 1.54) is 24.5 Å². The van der Waals surface area contributed by atoms with Gasteiger partial charge in [0.1, 0.15) is 5.82 Å². The molecule has 0 bridgehead atoms. The molecule has 1 aliphatic carbocycles. The highest BCUT2D eigenvalue weighted by molar-refractivity contribution is 9.10. The molecule has 0 aliphatic heterocycles. The molecule has 0 heterocycles. The van der Waals surface area contributed by atoms with Gasteiger partial charge in [-0.1, -0.05) is 30.3 Å². The van der Waals surface area contributed by atoms with Gasteiger partial charge in [0.15, 0.2) is 0 Å². The van der Waals surface area contributed by atoms with Crippen molar-refractivity contribution in [3.8, 4) is 0 Å². The molecule has 0 unspecified atom stereocenters. The van der Waals surface area contributed by atoms with Crippen LogP contribution >= 0.6 is 15.9 Å². The van der Waals surface area contributed by atoms with Crippen molar-refractivity contribution in [3.63, 3.8) is 0 Å². The Morgan fingerprint density at radius 1 is 1.20 bits per heavy atom.